The van der Waals surface area contributed by atoms with Gasteiger partial charge in [0.25, 0.3) is 0 Å². The Morgan fingerprint density at radius 1 is 1.00 bits per heavy atom. The summed E-state index contributed by atoms with van der Waals surface area (Å²) < 4.78 is 4.68. The molecule has 0 N–H and O–H groups in total. The van der Waals surface area contributed by atoms with Gasteiger partial charge in [0, 0.05) is 17.7 Å². The zero-order valence-electron chi connectivity index (χ0n) is 10.3. The molecule has 0 bridgehead atoms. The van der Waals surface area contributed by atoms with Gasteiger partial charge >= 0.3 is 0 Å². The Labute approximate surface area is 127 Å². The fourth-order valence-electron chi connectivity index (χ4n) is 1.54. The van der Waals surface area contributed by atoms with Crippen molar-refractivity contribution in [1.82, 2.24) is 20.5 Å². The van der Waals surface area contributed by atoms with Gasteiger partial charge in [-0.1, -0.05) is 27.7 Å². The van der Waals surface area contributed by atoms with Crippen molar-refractivity contribution < 1.29 is 4.63 Å². The van der Waals surface area contributed by atoms with Gasteiger partial charge in [-0.3, -0.25) is 0 Å². The molecule has 102 valence electrons. The molecule has 0 fully saturated rings. The lowest BCUT2D eigenvalue weighted by Gasteiger charge is -2.00. The van der Waals surface area contributed by atoms with Crippen molar-refractivity contribution in [2.24, 2.45) is 0 Å². The number of aromatic nitrogens is 4. The van der Waals surface area contributed by atoms with Gasteiger partial charge in [0.15, 0.2) is 0 Å². The van der Waals surface area contributed by atoms with Crippen LogP contribution in [0, 0.1) is 0 Å². The highest BCUT2D eigenvalue weighted by molar-refractivity contribution is 9.09. The predicted octanol–water partition coefficient (Wildman–Crippen LogP) is 3.74. The molecule has 0 aliphatic rings. The van der Waals surface area contributed by atoms with E-state index < -0.39 is 0 Å². The van der Waals surface area contributed by atoms with Crippen molar-refractivity contribution in [3.05, 3.63) is 47.8 Å². The Kier molecular flexibility index (Phi) is 4.77. The molecule has 0 atom stereocenters. The Bertz CT molecular complexity index is 677. The van der Waals surface area contributed by atoms with E-state index in [0.717, 1.165) is 28.2 Å². The number of fused-ring (bicyclic) bond motifs is 1. The van der Waals surface area contributed by atoms with Crippen molar-refractivity contribution in [2.75, 3.05) is 0 Å². The molecular formula is C12H10N4OS3. The molecule has 1 aromatic carbocycles. The van der Waals surface area contributed by atoms with Crippen LogP contribution in [0.2, 0.25) is 0 Å². The molecule has 2 heterocycles. The van der Waals surface area contributed by atoms with E-state index in [-0.39, 0.29) is 0 Å². The highest BCUT2D eigenvalue weighted by Gasteiger charge is 2.02. The van der Waals surface area contributed by atoms with Crippen LogP contribution in [0.4, 0.5) is 0 Å². The first-order valence-electron chi connectivity index (χ1n) is 5.81. The Hall–Kier alpha value is -1.25. The third kappa shape index (κ3) is 3.65. The van der Waals surface area contributed by atoms with Crippen molar-refractivity contribution in [1.29, 1.82) is 0 Å². The summed E-state index contributed by atoms with van der Waals surface area (Å²) in [6, 6.07) is 9.87. The minimum atomic E-state index is 0.795. The molecule has 2 aromatic heterocycles. The van der Waals surface area contributed by atoms with Crippen LogP contribution in [0.3, 0.4) is 0 Å². The van der Waals surface area contributed by atoms with Gasteiger partial charge in [-0.25, -0.2) is 4.63 Å². The Morgan fingerprint density at radius 2 is 1.90 bits per heavy atom. The largest absolute Gasteiger partial charge is 0.243 e. The number of nitrogens with zero attached hydrogens (tertiary/aromatic N) is 4. The topological polar surface area (TPSA) is 64.7 Å². The van der Waals surface area contributed by atoms with Crippen LogP contribution in [0.15, 0.2) is 41.2 Å². The molecule has 20 heavy (non-hydrogen) atoms. The first kappa shape index (κ1) is 13.7. The van der Waals surface area contributed by atoms with Crippen molar-refractivity contribution in [3.8, 4) is 0 Å². The van der Waals surface area contributed by atoms with E-state index in [9.17, 15) is 0 Å². The summed E-state index contributed by atoms with van der Waals surface area (Å²) in [4.78, 5) is 0. The van der Waals surface area contributed by atoms with E-state index in [1.807, 2.05) is 30.3 Å². The summed E-state index contributed by atoms with van der Waals surface area (Å²) in [5.74, 6) is 1.78. The third-order valence-corrected chi connectivity index (χ3v) is 6.55. The van der Waals surface area contributed by atoms with Crippen molar-refractivity contribution >= 4 is 42.4 Å². The SMILES string of the molecule is c1cnnc(CSSSCc2ccc3nonc3c2)c1. The summed E-state index contributed by atoms with van der Waals surface area (Å²) in [6.07, 6.45) is 1.69. The van der Waals surface area contributed by atoms with E-state index in [2.05, 4.69) is 25.1 Å². The minimum absolute atomic E-state index is 0.795. The maximum atomic E-state index is 4.68. The minimum Gasteiger partial charge on any atom is -0.243 e. The summed E-state index contributed by atoms with van der Waals surface area (Å²) in [7, 11) is 5.31. The molecule has 0 saturated heterocycles. The smallest absolute Gasteiger partial charge is 0.135 e. The summed E-state index contributed by atoms with van der Waals surface area (Å²) in [6.45, 7) is 0. The second kappa shape index (κ2) is 6.96. The van der Waals surface area contributed by atoms with Crippen LogP contribution in [0.25, 0.3) is 11.0 Å². The maximum absolute atomic E-state index is 4.68. The summed E-state index contributed by atoms with van der Waals surface area (Å²) in [5, 5.41) is 15.5. The molecule has 0 unspecified atom stereocenters. The van der Waals surface area contributed by atoms with Crippen LogP contribution in [0.1, 0.15) is 11.3 Å². The maximum Gasteiger partial charge on any atom is 0.135 e. The average Bonchev–Trinajstić information content (AvgIpc) is 2.95. The van der Waals surface area contributed by atoms with E-state index in [0.29, 0.717) is 0 Å². The van der Waals surface area contributed by atoms with Crippen LogP contribution < -0.4 is 0 Å². The van der Waals surface area contributed by atoms with Gasteiger partial charge in [-0.2, -0.15) is 10.2 Å². The molecule has 0 aliphatic heterocycles. The summed E-state index contributed by atoms with van der Waals surface area (Å²) >= 11 is 0. The van der Waals surface area contributed by atoms with Crippen LogP contribution in [0.5, 0.6) is 0 Å². The Balaban J connectivity index is 1.43. The number of rotatable bonds is 6. The number of hydrogen-bond donors (Lipinski definition) is 0. The fraction of sp³-hybridized carbons (Fsp3) is 0.167. The molecule has 0 amide bonds. The highest BCUT2D eigenvalue weighted by Crippen LogP contribution is 2.38. The zero-order chi connectivity index (χ0) is 13.6. The van der Waals surface area contributed by atoms with Gasteiger partial charge < -0.3 is 0 Å². The van der Waals surface area contributed by atoms with Crippen LogP contribution >= 0.6 is 31.4 Å². The van der Waals surface area contributed by atoms with E-state index in [4.69, 9.17) is 0 Å². The lowest BCUT2D eigenvalue weighted by Crippen LogP contribution is -1.86. The quantitative estimate of drug-likeness (QED) is 0.502. The molecule has 0 spiro atoms. The molecule has 3 aromatic rings. The molecule has 3 rings (SSSR count). The molecule has 0 saturated carbocycles. The molecule has 5 nitrogen and oxygen atoms in total. The van der Waals surface area contributed by atoms with E-state index in [1.165, 1.54) is 5.56 Å². The second-order valence-corrected chi connectivity index (χ2v) is 8.13. The first-order chi connectivity index (χ1) is 9.92. The average molecular weight is 322 g/mol. The van der Waals surface area contributed by atoms with Gasteiger partial charge in [-0.05, 0) is 50.0 Å². The lowest BCUT2D eigenvalue weighted by molar-refractivity contribution is 0.315. The van der Waals surface area contributed by atoms with Crippen LogP contribution in [-0.2, 0) is 11.5 Å². The number of hydrogen-bond acceptors (Lipinski definition) is 8. The van der Waals surface area contributed by atoms with Gasteiger partial charge in [-0.15, -0.1) is 0 Å². The highest BCUT2D eigenvalue weighted by atomic mass is 33.5. The molecule has 0 aliphatic carbocycles. The van der Waals surface area contributed by atoms with Gasteiger partial charge in [0.1, 0.15) is 11.0 Å². The van der Waals surface area contributed by atoms with Crippen molar-refractivity contribution in [3.63, 3.8) is 0 Å². The van der Waals surface area contributed by atoms with E-state index in [1.54, 1.807) is 37.6 Å². The lowest BCUT2D eigenvalue weighted by atomic mass is 10.2. The van der Waals surface area contributed by atoms with Gasteiger partial charge in [0.05, 0.1) is 5.69 Å². The van der Waals surface area contributed by atoms with Crippen LogP contribution in [-0.4, -0.2) is 20.5 Å². The standard InChI is InChI=1S/C12H10N4OS3/c1-2-10(14-13-5-1)8-19-20-18-7-9-3-4-11-12(6-9)16-17-15-11/h1-6H,7-8H2. The monoisotopic (exact) mass is 322 g/mol. The van der Waals surface area contributed by atoms with Gasteiger partial charge in [0.2, 0.25) is 0 Å². The number of benzene rings is 1. The fourth-order valence-corrected chi connectivity index (χ4v) is 5.03. The Morgan fingerprint density at radius 3 is 2.80 bits per heavy atom. The molecular weight excluding hydrogens is 312 g/mol. The van der Waals surface area contributed by atoms with E-state index >= 15 is 0 Å². The zero-order valence-corrected chi connectivity index (χ0v) is 12.7. The normalized spacial score (nSPS) is 11.0. The third-order valence-electron chi connectivity index (χ3n) is 2.47. The van der Waals surface area contributed by atoms with Crippen molar-refractivity contribution in [2.45, 2.75) is 11.5 Å². The molecule has 8 heteroatoms. The first-order valence-corrected chi connectivity index (χ1v) is 9.63. The molecule has 0 radical (unpaired) electrons. The summed E-state index contributed by atoms with van der Waals surface area (Å²) in [5.41, 5.74) is 3.82. The predicted molar refractivity (Wildman–Crippen MR) is 84.0 cm³/mol. The second-order valence-electron chi connectivity index (χ2n) is 3.89.